The number of nitrogens with zero attached hydrogens (tertiary/aromatic N) is 2. The quantitative estimate of drug-likeness (QED) is 0.428. The van der Waals surface area contributed by atoms with Crippen LogP contribution in [0.4, 0.5) is 0 Å². The van der Waals surface area contributed by atoms with Gasteiger partial charge in [0.25, 0.3) is 5.91 Å². The molecule has 0 saturated carbocycles. The molecule has 25 heavy (non-hydrogen) atoms. The molecule has 3 rings (SSSR count). The maximum Gasteiger partial charge on any atom is 0.267 e. The molecule has 2 heterocycles. The second-order valence-electron chi connectivity index (χ2n) is 6.70. The number of unbranched alkanes of at least 4 members (excludes halogenated alkanes) is 1. The number of imidazole rings is 1. The van der Waals surface area contributed by atoms with Gasteiger partial charge in [-0.3, -0.25) is 10.0 Å². The Labute approximate surface area is 147 Å². The number of hydrogen-bond acceptors (Lipinski definition) is 4. The lowest BCUT2D eigenvalue weighted by Crippen LogP contribution is -2.35. The van der Waals surface area contributed by atoms with Crippen LogP contribution in [-0.2, 0) is 4.79 Å². The van der Waals surface area contributed by atoms with E-state index in [-0.39, 0.29) is 0 Å². The number of likely N-dealkylation sites (tertiary alicyclic amines) is 1. The molecule has 0 spiro atoms. The zero-order chi connectivity index (χ0) is 17.6. The largest absolute Gasteiger partial charge is 0.342 e. The highest BCUT2D eigenvalue weighted by Gasteiger charge is 2.23. The molecule has 1 aromatic carbocycles. The fourth-order valence-electron chi connectivity index (χ4n) is 3.41. The molecule has 1 saturated heterocycles. The Balaban J connectivity index is 1.74. The molecule has 1 aliphatic rings. The molecule has 0 aliphatic carbocycles. The molecule has 0 bridgehead atoms. The van der Waals surface area contributed by atoms with Gasteiger partial charge in [-0.2, -0.15) is 0 Å². The van der Waals surface area contributed by atoms with Crippen LogP contribution in [0.3, 0.4) is 0 Å². The van der Waals surface area contributed by atoms with Gasteiger partial charge in [0.1, 0.15) is 5.82 Å². The highest BCUT2D eigenvalue weighted by molar-refractivity contribution is 5.91. The Morgan fingerprint density at radius 3 is 3.20 bits per heavy atom. The molecule has 1 amide bonds. The SMILES string of the molecule is CCCCN1CCCC(c2nc3cc(/C=C/C(=O)NO)ccc3[nH]2)C1. The summed E-state index contributed by atoms with van der Waals surface area (Å²) in [4.78, 5) is 21.9. The van der Waals surface area contributed by atoms with Gasteiger partial charge in [-0.25, -0.2) is 10.5 Å². The third kappa shape index (κ3) is 4.46. The topological polar surface area (TPSA) is 81.2 Å². The van der Waals surface area contributed by atoms with Crippen molar-refractivity contribution >= 4 is 23.0 Å². The number of aromatic amines is 1. The molecule has 1 atom stereocenters. The molecule has 2 aromatic rings. The summed E-state index contributed by atoms with van der Waals surface area (Å²) in [5.41, 5.74) is 4.39. The van der Waals surface area contributed by atoms with Crippen molar-refractivity contribution in [2.75, 3.05) is 19.6 Å². The number of benzene rings is 1. The van der Waals surface area contributed by atoms with E-state index in [4.69, 9.17) is 10.2 Å². The van der Waals surface area contributed by atoms with Gasteiger partial charge >= 0.3 is 0 Å². The van der Waals surface area contributed by atoms with E-state index in [0.29, 0.717) is 5.92 Å². The highest BCUT2D eigenvalue weighted by atomic mass is 16.5. The fourth-order valence-corrected chi connectivity index (χ4v) is 3.41. The molecule has 0 radical (unpaired) electrons. The van der Waals surface area contributed by atoms with Gasteiger partial charge in [-0.1, -0.05) is 19.4 Å². The number of aromatic nitrogens is 2. The van der Waals surface area contributed by atoms with Crippen molar-refractivity contribution in [3.63, 3.8) is 0 Å². The molecular weight excluding hydrogens is 316 g/mol. The van der Waals surface area contributed by atoms with E-state index >= 15 is 0 Å². The predicted molar refractivity (Wildman–Crippen MR) is 98.4 cm³/mol. The van der Waals surface area contributed by atoms with Crippen LogP contribution in [0.15, 0.2) is 24.3 Å². The maximum atomic E-state index is 11.1. The molecule has 1 fully saturated rings. The highest BCUT2D eigenvalue weighted by Crippen LogP contribution is 2.27. The lowest BCUT2D eigenvalue weighted by Gasteiger charge is -2.31. The van der Waals surface area contributed by atoms with Crippen molar-refractivity contribution in [1.82, 2.24) is 20.3 Å². The van der Waals surface area contributed by atoms with Gasteiger partial charge < -0.3 is 9.88 Å². The lowest BCUT2D eigenvalue weighted by molar-refractivity contribution is -0.124. The monoisotopic (exact) mass is 342 g/mol. The first-order valence-corrected chi connectivity index (χ1v) is 9.03. The minimum atomic E-state index is -0.544. The smallest absolute Gasteiger partial charge is 0.267 e. The van der Waals surface area contributed by atoms with Crippen LogP contribution in [0.5, 0.6) is 0 Å². The van der Waals surface area contributed by atoms with Crippen LogP contribution >= 0.6 is 0 Å². The first kappa shape index (κ1) is 17.6. The number of hydrogen-bond donors (Lipinski definition) is 3. The molecule has 1 aliphatic heterocycles. The first-order chi connectivity index (χ1) is 12.2. The van der Waals surface area contributed by atoms with Crippen LogP contribution in [0.2, 0.25) is 0 Å². The standard InChI is InChI=1S/C19H26N4O2/c1-2-3-10-23-11-4-5-15(13-23)19-20-16-8-6-14(12-17(16)21-19)7-9-18(24)22-25/h6-9,12,15,25H,2-5,10-11,13H2,1H3,(H,20,21)(H,22,24)/b9-7+. The zero-order valence-electron chi connectivity index (χ0n) is 14.7. The van der Waals surface area contributed by atoms with Crippen molar-refractivity contribution in [3.8, 4) is 0 Å². The number of rotatable bonds is 6. The van der Waals surface area contributed by atoms with E-state index in [2.05, 4.69) is 16.8 Å². The van der Waals surface area contributed by atoms with Crippen LogP contribution in [0.1, 0.15) is 49.9 Å². The minimum Gasteiger partial charge on any atom is -0.342 e. The summed E-state index contributed by atoms with van der Waals surface area (Å²) in [5.74, 6) is 0.972. The van der Waals surface area contributed by atoms with Gasteiger partial charge in [-0.15, -0.1) is 0 Å². The number of amides is 1. The van der Waals surface area contributed by atoms with Crippen LogP contribution < -0.4 is 5.48 Å². The lowest BCUT2D eigenvalue weighted by atomic mass is 9.97. The Morgan fingerprint density at radius 1 is 1.52 bits per heavy atom. The van der Waals surface area contributed by atoms with Gasteiger partial charge in [0.05, 0.1) is 11.0 Å². The average Bonchev–Trinajstić information content (AvgIpc) is 3.08. The Hall–Kier alpha value is -2.18. The van der Waals surface area contributed by atoms with E-state index in [1.807, 2.05) is 18.2 Å². The van der Waals surface area contributed by atoms with E-state index in [0.717, 1.165) is 29.0 Å². The molecule has 134 valence electrons. The van der Waals surface area contributed by atoms with Crippen LogP contribution in [0, 0.1) is 0 Å². The summed E-state index contributed by atoms with van der Waals surface area (Å²) in [7, 11) is 0. The van der Waals surface area contributed by atoms with Crippen molar-refractivity contribution < 1.29 is 10.0 Å². The fraction of sp³-hybridized carbons (Fsp3) is 0.474. The van der Waals surface area contributed by atoms with E-state index in [1.54, 1.807) is 11.6 Å². The maximum absolute atomic E-state index is 11.1. The third-order valence-corrected chi connectivity index (χ3v) is 4.78. The van der Waals surface area contributed by atoms with Crippen LogP contribution in [-0.4, -0.2) is 45.6 Å². The van der Waals surface area contributed by atoms with E-state index < -0.39 is 5.91 Å². The number of hydroxylamine groups is 1. The Morgan fingerprint density at radius 2 is 2.40 bits per heavy atom. The number of nitrogens with one attached hydrogen (secondary N) is 2. The summed E-state index contributed by atoms with van der Waals surface area (Å²) >= 11 is 0. The summed E-state index contributed by atoms with van der Waals surface area (Å²) in [6.45, 7) is 5.67. The number of piperidine rings is 1. The van der Waals surface area contributed by atoms with Gasteiger partial charge in [0, 0.05) is 18.5 Å². The van der Waals surface area contributed by atoms with Crippen molar-refractivity contribution in [1.29, 1.82) is 0 Å². The summed E-state index contributed by atoms with van der Waals surface area (Å²) < 4.78 is 0. The van der Waals surface area contributed by atoms with E-state index in [9.17, 15) is 4.79 Å². The number of carbonyl (C=O) groups excluding carboxylic acids is 1. The van der Waals surface area contributed by atoms with E-state index in [1.165, 1.54) is 44.8 Å². The molecule has 6 nitrogen and oxygen atoms in total. The first-order valence-electron chi connectivity index (χ1n) is 9.03. The summed E-state index contributed by atoms with van der Waals surface area (Å²) in [5, 5.41) is 8.54. The van der Waals surface area contributed by atoms with Gasteiger partial charge in [0.15, 0.2) is 0 Å². The Bertz CT molecular complexity index is 753. The molecule has 3 N–H and O–H groups in total. The third-order valence-electron chi connectivity index (χ3n) is 4.78. The van der Waals surface area contributed by atoms with Gasteiger partial charge in [-0.05, 0) is 56.1 Å². The van der Waals surface area contributed by atoms with Crippen molar-refractivity contribution in [3.05, 3.63) is 35.7 Å². The zero-order valence-corrected chi connectivity index (χ0v) is 14.7. The van der Waals surface area contributed by atoms with Gasteiger partial charge in [0.2, 0.25) is 0 Å². The van der Waals surface area contributed by atoms with Crippen LogP contribution in [0.25, 0.3) is 17.1 Å². The van der Waals surface area contributed by atoms with Crippen molar-refractivity contribution in [2.24, 2.45) is 0 Å². The number of fused-ring (bicyclic) bond motifs is 1. The molecule has 1 aromatic heterocycles. The normalized spacial score (nSPS) is 18.9. The molecule has 1 unspecified atom stereocenters. The second kappa shape index (κ2) is 8.27. The Kier molecular flexibility index (Phi) is 5.83. The molecular formula is C19H26N4O2. The minimum absolute atomic E-state index is 0.456. The predicted octanol–water partition coefficient (Wildman–Crippen LogP) is 3.06. The van der Waals surface area contributed by atoms with Crippen molar-refractivity contribution in [2.45, 2.75) is 38.5 Å². The number of H-pyrrole nitrogens is 1. The number of carbonyl (C=O) groups is 1. The average molecular weight is 342 g/mol. The summed E-state index contributed by atoms with van der Waals surface area (Å²) in [6.07, 6.45) is 7.83. The summed E-state index contributed by atoms with van der Waals surface area (Å²) in [6, 6.07) is 5.87. The second-order valence-corrected chi connectivity index (χ2v) is 6.70. The molecule has 6 heteroatoms.